The lowest BCUT2D eigenvalue weighted by molar-refractivity contribution is 0.00286. The Hall–Kier alpha value is -2.18. The minimum absolute atomic E-state index is 0.113. The number of carbonyl (C=O) groups is 2. The van der Waals surface area contributed by atoms with Gasteiger partial charge in [-0.05, 0) is 25.5 Å². The zero-order chi connectivity index (χ0) is 17.2. The summed E-state index contributed by atoms with van der Waals surface area (Å²) < 4.78 is 5.72. The number of ether oxygens (including phenoxy) is 1. The first kappa shape index (κ1) is 16.7. The molecule has 0 bridgehead atoms. The van der Waals surface area contributed by atoms with Crippen molar-refractivity contribution in [1.29, 1.82) is 0 Å². The fourth-order valence-corrected chi connectivity index (χ4v) is 3.52. The molecule has 0 aliphatic carbocycles. The summed E-state index contributed by atoms with van der Waals surface area (Å²) in [5.41, 5.74) is -0.0897. The van der Waals surface area contributed by atoms with Crippen molar-refractivity contribution in [2.24, 2.45) is 0 Å². The Labute approximate surface area is 142 Å². The number of piperidine rings is 1. The molecule has 1 aromatic rings. The maximum atomic E-state index is 12.4. The number of amides is 2. The highest BCUT2D eigenvalue weighted by molar-refractivity contribution is 5.92. The molecule has 1 atom stereocenters. The van der Waals surface area contributed by atoms with Gasteiger partial charge in [-0.2, -0.15) is 5.10 Å². The van der Waals surface area contributed by atoms with Crippen LogP contribution in [0.3, 0.4) is 0 Å². The van der Waals surface area contributed by atoms with E-state index in [0.29, 0.717) is 38.2 Å². The molecule has 0 aromatic carbocycles. The third kappa shape index (κ3) is 3.20. The fraction of sp³-hybridized carbons (Fsp3) is 0.647. The Morgan fingerprint density at radius 1 is 1.42 bits per heavy atom. The third-order valence-corrected chi connectivity index (χ3v) is 4.99. The van der Waals surface area contributed by atoms with Crippen molar-refractivity contribution in [1.82, 2.24) is 20.0 Å². The highest BCUT2D eigenvalue weighted by atomic mass is 16.6. The van der Waals surface area contributed by atoms with E-state index in [2.05, 4.69) is 24.0 Å². The average Bonchev–Trinajstić information content (AvgIpc) is 2.92. The predicted octanol–water partition coefficient (Wildman–Crippen LogP) is 2.09. The Kier molecular flexibility index (Phi) is 4.69. The van der Waals surface area contributed by atoms with Crippen molar-refractivity contribution >= 4 is 12.0 Å². The van der Waals surface area contributed by atoms with Crippen LogP contribution in [0.1, 0.15) is 50.0 Å². The Balaban J connectivity index is 1.61. The number of aromatic nitrogens is 2. The van der Waals surface area contributed by atoms with E-state index >= 15 is 0 Å². The summed E-state index contributed by atoms with van der Waals surface area (Å²) in [7, 11) is 0. The third-order valence-electron chi connectivity index (χ3n) is 4.99. The number of nitrogens with zero attached hydrogens (tertiary/aromatic N) is 4. The van der Waals surface area contributed by atoms with Gasteiger partial charge < -0.3 is 14.5 Å². The first-order chi connectivity index (χ1) is 11.5. The SMILES string of the molecule is CCC[C@@H](C)N1CC2(CCN(C(=O)c3cccnn3)CC2)OC1=O. The van der Waals surface area contributed by atoms with Crippen molar-refractivity contribution in [2.45, 2.75) is 51.2 Å². The van der Waals surface area contributed by atoms with Crippen molar-refractivity contribution in [2.75, 3.05) is 19.6 Å². The maximum absolute atomic E-state index is 12.4. The molecular formula is C17H24N4O3. The van der Waals surface area contributed by atoms with Gasteiger partial charge >= 0.3 is 6.09 Å². The van der Waals surface area contributed by atoms with Gasteiger partial charge in [0, 0.05) is 38.2 Å². The average molecular weight is 332 g/mol. The lowest BCUT2D eigenvalue weighted by atomic mass is 9.90. The molecule has 0 unspecified atom stereocenters. The van der Waals surface area contributed by atoms with E-state index in [0.717, 1.165) is 12.8 Å². The normalized spacial score (nSPS) is 21.0. The van der Waals surface area contributed by atoms with E-state index in [1.165, 1.54) is 0 Å². The highest BCUT2D eigenvalue weighted by Crippen LogP contribution is 2.35. The standard InChI is InChI=1S/C17H24N4O3/c1-3-5-13(2)21-12-17(24-16(21)23)7-10-20(11-8-17)15(22)14-6-4-9-18-19-14/h4,6,9,13H,3,5,7-8,10-12H2,1-2H3/t13-/m1/s1. The van der Waals surface area contributed by atoms with Gasteiger partial charge in [-0.3, -0.25) is 4.79 Å². The molecule has 3 heterocycles. The number of carbonyl (C=O) groups excluding carboxylic acids is 2. The number of hydrogen-bond acceptors (Lipinski definition) is 5. The number of likely N-dealkylation sites (tertiary alicyclic amines) is 1. The second-order valence-corrected chi connectivity index (χ2v) is 6.72. The van der Waals surface area contributed by atoms with Gasteiger partial charge in [-0.1, -0.05) is 13.3 Å². The molecule has 2 fully saturated rings. The summed E-state index contributed by atoms with van der Waals surface area (Å²) in [6.07, 6.45) is 4.68. The molecule has 3 rings (SSSR count). The lowest BCUT2D eigenvalue weighted by Crippen LogP contribution is -2.49. The summed E-state index contributed by atoms with van der Waals surface area (Å²) in [6, 6.07) is 3.57. The molecular weight excluding hydrogens is 308 g/mol. The molecule has 7 nitrogen and oxygen atoms in total. The molecule has 1 spiro atoms. The van der Waals surface area contributed by atoms with Gasteiger partial charge in [-0.25, -0.2) is 4.79 Å². The second kappa shape index (κ2) is 6.75. The topological polar surface area (TPSA) is 75.6 Å². The molecule has 0 saturated carbocycles. The van der Waals surface area contributed by atoms with Crippen LogP contribution in [0.15, 0.2) is 18.3 Å². The van der Waals surface area contributed by atoms with Crippen LogP contribution in [-0.4, -0.2) is 63.3 Å². The quantitative estimate of drug-likeness (QED) is 0.844. The van der Waals surface area contributed by atoms with Gasteiger partial charge in [0.25, 0.3) is 5.91 Å². The van der Waals surface area contributed by atoms with Gasteiger partial charge in [0.1, 0.15) is 5.60 Å². The van der Waals surface area contributed by atoms with Gasteiger partial charge in [0.15, 0.2) is 5.69 Å². The van der Waals surface area contributed by atoms with Crippen LogP contribution in [0.5, 0.6) is 0 Å². The highest BCUT2D eigenvalue weighted by Gasteiger charge is 2.48. The van der Waals surface area contributed by atoms with E-state index < -0.39 is 5.60 Å². The van der Waals surface area contributed by atoms with Crippen LogP contribution in [0.2, 0.25) is 0 Å². The molecule has 7 heteroatoms. The molecule has 1 aromatic heterocycles. The van der Waals surface area contributed by atoms with E-state index in [1.54, 1.807) is 23.2 Å². The van der Waals surface area contributed by atoms with Gasteiger partial charge in [0.2, 0.25) is 0 Å². The van der Waals surface area contributed by atoms with Gasteiger partial charge in [-0.15, -0.1) is 5.10 Å². The smallest absolute Gasteiger partial charge is 0.410 e. The van der Waals surface area contributed by atoms with Crippen LogP contribution in [0, 0.1) is 0 Å². The molecule has 0 radical (unpaired) electrons. The Morgan fingerprint density at radius 2 is 2.17 bits per heavy atom. The molecule has 2 amide bonds. The van der Waals surface area contributed by atoms with Crippen molar-refractivity contribution in [3.05, 3.63) is 24.0 Å². The van der Waals surface area contributed by atoms with Crippen LogP contribution in [0.4, 0.5) is 4.79 Å². The monoisotopic (exact) mass is 332 g/mol. The summed E-state index contributed by atoms with van der Waals surface area (Å²) in [6.45, 7) is 5.94. The molecule has 2 saturated heterocycles. The maximum Gasteiger partial charge on any atom is 0.410 e. The largest absolute Gasteiger partial charge is 0.441 e. The first-order valence-corrected chi connectivity index (χ1v) is 8.61. The number of hydrogen-bond donors (Lipinski definition) is 0. The van der Waals surface area contributed by atoms with E-state index in [1.807, 2.05) is 4.90 Å². The second-order valence-electron chi connectivity index (χ2n) is 6.72. The summed E-state index contributed by atoms with van der Waals surface area (Å²) >= 11 is 0. The van der Waals surface area contributed by atoms with Crippen molar-refractivity contribution in [3.63, 3.8) is 0 Å². The zero-order valence-electron chi connectivity index (χ0n) is 14.3. The molecule has 130 valence electrons. The van der Waals surface area contributed by atoms with Crippen LogP contribution >= 0.6 is 0 Å². The minimum Gasteiger partial charge on any atom is -0.441 e. The summed E-state index contributed by atoms with van der Waals surface area (Å²) in [5, 5.41) is 7.63. The summed E-state index contributed by atoms with van der Waals surface area (Å²) in [4.78, 5) is 28.2. The first-order valence-electron chi connectivity index (χ1n) is 8.61. The Morgan fingerprint density at radius 3 is 2.79 bits per heavy atom. The van der Waals surface area contributed by atoms with E-state index in [9.17, 15) is 9.59 Å². The summed E-state index contributed by atoms with van der Waals surface area (Å²) in [5.74, 6) is -0.113. The molecule has 2 aliphatic rings. The van der Waals surface area contributed by atoms with Crippen LogP contribution in [-0.2, 0) is 4.74 Å². The zero-order valence-corrected chi connectivity index (χ0v) is 14.3. The predicted molar refractivity (Wildman–Crippen MR) is 87.5 cm³/mol. The Bertz CT molecular complexity index is 599. The minimum atomic E-state index is -0.446. The van der Waals surface area contributed by atoms with Crippen molar-refractivity contribution < 1.29 is 14.3 Å². The number of rotatable bonds is 4. The van der Waals surface area contributed by atoms with E-state index in [4.69, 9.17) is 4.74 Å². The van der Waals surface area contributed by atoms with Crippen LogP contribution < -0.4 is 0 Å². The van der Waals surface area contributed by atoms with Crippen molar-refractivity contribution in [3.8, 4) is 0 Å². The van der Waals surface area contributed by atoms with E-state index in [-0.39, 0.29) is 18.0 Å². The van der Waals surface area contributed by atoms with Crippen LogP contribution in [0.25, 0.3) is 0 Å². The molecule has 24 heavy (non-hydrogen) atoms. The molecule has 2 aliphatic heterocycles. The van der Waals surface area contributed by atoms with Gasteiger partial charge in [0.05, 0.1) is 6.54 Å². The lowest BCUT2D eigenvalue weighted by Gasteiger charge is -2.37. The fourth-order valence-electron chi connectivity index (χ4n) is 3.52. The molecule has 0 N–H and O–H groups in total.